The van der Waals surface area contributed by atoms with E-state index >= 15 is 0 Å². The summed E-state index contributed by atoms with van der Waals surface area (Å²) in [4.78, 5) is 13.7. The number of piperidine rings is 1. The van der Waals surface area contributed by atoms with Crippen molar-refractivity contribution >= 4 is 5.97 Å². The van der Waals surface area contributed by atoms with E-state index in [2.05, 4.69) is 4.90 Å². The molecule has 7 heteroatoms. The lowest BCUT2D eigenvalue weighted by molar-refractivity contribution is -0.143. The van der Waals surface area contributed by atoms with Gasteiger partial charge in [-0.3, -0.25) is 9.69 Å². The van der Waals surface area contributed by atoms with Crippen molar-refractivity contribution in [3.63, 3.8) is 0 Å². The fraction of sp³-hybridized carbons (Fsp3) is 0.458. The van der Waals surface area contributed by atoms with E-state index in [1.807, 2.05) is 43.3 Å². The first-order chi connectivity index (χ1) is 15.0. The topological polar surface area (TPSA) is 77.5 Å². The summed E-state index contributed by atoms with van der Waals surface area (Å²) in [6, 6.07) is 11.8. The van der Waals surface area contributed by atoms with Gasteiger partial charge in [0.15, 0.2) is 23.0 Å². The van der Waals surface area contributed by atoms with Crippen LogP contribution in [0.5, 0.6) is 23.0 Å². The number of likely N-dealkylation sites (tertiary alicyclic amines) is 1. The highest BCUT2D eigenvalue weighted by Gasteiger charge is 2.31. The van der Waals surface area contributed by atoms with E-state index in [0.717, 1.165) is 11.1 Å². The number of hydrogen-bond donors (Lipinski definition) is 1. The molecular weight excluding hydrogens is 398 g/mol. The minimum absolute atomic E-state index is 0.0841. The fourth-order valence-corrected chi connectivity index (χ4v) is 4.17. The molecule has 0 bridgehead atoms. The van der Waals surface area contributed by atoms with Crippen molar-refractivity contribution in [1.29, 1.82) is 0 Å². The molecule has 1 heterocycles. The van der Waals surface area contributed by atoms with Gasteiger partial charge in [-0.2, -0.15) is 0 Å². The summed E-state index contributed by atoms with van der Waals surface area (Å²) in [6.07, 6.45) is 1.24. The van der Waals surface area contributed by atoms with Gasteiger partial charge in [-0.15, -0.1) is 0 Å². The maximum Gasteiger partial charge on any atom is 0.306 e. The molecule has 2 aromatic rings. The molecule has 7 nitrogen and oxygen atoms in total. The van der Waals surface area contributed by atoms with E-state index in [1.165, 1.54) is 0 Å². The van der Waals surface area contributed by atoms with Gasteiger partial charge in [0.2, 0.25) is 0 Å². The molecule has 0 saturated carbocycles. The van der Waals surface area contributed by atoms with Gasteiger partial charge in [0.1, 0.15) is 0 Å². The summed E-state index contributed by atoms with van der Waals surface area (Å²) in [6.45, 7) is 3.86. The smallest absolute Gasteiger partial charge is 0.306 e. The van der Waals surface area contributed by atoms with Crippen LogP contribution >= 0.6 is 0 Å². The van der Waals surface area contributed by atoms with Gasteiger partial charge < -0.3 is 24.1 Å². The summed E-state index contributed by atoms with van der Waals surface area (Å²) in [7, 11) is 4.86. The normalized spacial score (nSPS) is 15.9. The summed E-state index contributed by atoms with van der Waals surface area (Å²) in [5, 5.41) is 9.39. The van der Waals surface area contributed by atoms with E-state index in [-0.39, 0.29) is 12.0 Å². The summed E-state index contributed by atoms with van der Waals surface area (Å²) in [5.74, 6) is 1.68. The largest absolute Gasteiger partial charge is 0.493 e. The van der Waals surface area contributed by atoms with Gasteiger partial charge in [0.05, 0.1) is 39.9 Å². The van der Waals surface area contributed by atoms with Crippen LogP contribution in [0.4, 0.5) is 0 Å². The average molecular weight is 430 g/mol. The molecule has 1 aliphatic heterocycles. The Hall–Kier alpha value is -2.93. The van der Waals surface area contributed by atoms with Gasteiger partial charge in [0.25, 0.3) is 0 Å². The predicted molar refractivity (Wildman–Crippen MR) is 117 cm³/mol. The van der Waals surface area contributed by atoms with Crippen LogP contribution in [-0.4, -0.2) is 57.0 Å². The van der Waals surface area contributed by atoms with Gasteiger partial charge >= 0.3 is 5.97 Å². The number of nitrogens with zero attached hydrogens (tertiary/aromatic N) is 1. The van der Waals surface area contributed by atoms with Gasteiger partial charge in [-0.25, -0.2) is 0 Å². The van der Waals surface area contributed by atoms with Crippen LogP contribution in [0.25, 0.3) is 0 Å². The Morgan fingerprint density at radius 2 is 1.45 bits per heavy atom. The average Bonchev–Trinajstić information content (AvgIpc) is 2.80. The third kappa shape index (κ3) is 5.05. The number of hydrogen-bond acceptors (Lipinski definition) is 6. The summed E-state index contributed by atoms with van der Waals surface area (Å²) >= 11 is 0. The second-order valence-electron chi connectivity index (χ2n) is 7.51. The van der Waals surface area contributed by atoms with E-state index in [0.29, 0.717) is 55.5 Å². The minimum atomic E-state index is -0.718. The van der Waals surface area contributed by atoms with Crippen molar-refractivity contribution in [3.8, 4) is 23.0 Å². The monoisotopic (exact) mass is 429 g/mol. The number of ether oxygens (including phenoxy) is 4. The standard InChI is InChI=1S/C24H31NO6/c1-5-31-20-9-7-18(15-22(20)30-4)23(25-12-10-16(11-13-25)24(26)27)17-6-8-19(28-2)21(14-17)29-3/h6-9,14-16,23H,5,10-13H2,1-4H3,(H,26,27). The number of rotatable bonds is 9. The van der Waals surface area contributed by atoms with Gasteiger partial charge in [0, 0.05) is 0 Å². The first kappa shape index (κ1) is 22.7. The number of methoxy groups -OCH3 is 3. The van der Waals surface area contributed by atoms with Crippen LogP contribution in [0.15, 0.2) is 36.4 Å². The maximum atomic E-state index is 11.4. The molecule has 31 heavy (non-hydrogen) atoms. The van der Waals surface area contributed by atoms with E-state index < -0.39 is 5.97 Å². The van der Waals surface area contributed by atoms with Crippen LogP contribution in [0.1, 0.15) is 36.9 Å². The van der Waals surface area contributed by atoms with Crippen molar-refractivity contribution in [3.05, 3.63) is 47.5 Å². The molecule has 1 unspecified atom stereocenters. The first-order valence-corrected chi connectivity index (χ1v) is 10.5. The zero-order chi connectivity index (χ0) is 22.4. The molecule has 1 aliphatic rings. The van der Waals surface area contributed by atoms with Crippen LogP contribution in [0.3, 0.4) is 0 Å². The zero-order valence-electron chi connectivity index (χ0n) is 18.6. The second kappa shape index (κ2) is 10.4. The van der Waals surface area contributed by atoms with Crippen molar-refractivity contribution in [1.82, 2.24) is 4.90 Å². The molecule has 0 radical (unpaired) electrons. The fourth-order valence-electron chi connectivity index (χ4n) is 4.17. The first-order valence-electron chi connectivity index (χ1n) is 10.5. The van der Waals surface area contributed by atoms with E-state index in [4.69, 9.17) is 18.9 Å². The lowest BCUT2D eigenvalue weighted by atomic mass is 9.91. The molecule has 0 aliphatic carbocycles. The SMILES string of the molecule is CCOc1ccc(C(c2ccc(OC)c(OC)c2)N2CCC(C(=O)O)CC2)cc1OC. The molecule has 0 amide bonds. The van der Waals surface area contributed by atoms with Crippen molar-refractivity contribution in [2.24, 2.45) is 5.92 Å². The van der Waals surface area contributed by atoms with Crippen LogP contribution in [0.2, 0.25) is 0 Å². The third-order valence-corrected chi connectivity index (χ3v) is 5.77. The quantitative estimate of drug-likeness (QED) is 0.646. The Morgan fingerprint density at radius 1 is 0.935 bits per heavy atom. The van der Waals surface area contributed by atoms with E-state index in [1.54, 1.807) is 21.3 Å². The Morgan fingerprint density at radius 3 is 1.94 bits per heavy atom. The highest BCUT2D eigenvalue weighted by molar-refractivity contribution is 5.70. The second-order valence-corrected chi connectivity index (χ2v) is 7.51. The minimum Gasteiger partial charge on any atom is -0.493 e. The number of carboxylic acids is 1. The molecule has 1 fully saturated rings. The Balaban J connectivity index is 2.02. The maximum absolute atomic E-state index is 11.4. The van der Waals surface area contributed by atoms with Crippen LogP contribution in [-0.2, 0) is 4.79 Å². The number of aliphatic carboxylic acids is 1. The molecule has 1 N–H and O–H groups in total. The molecule has 1 saturated heterocycles. The molecular formula is C24H31NO6. The molecule has 1 atom stereocenters. The van der Waals surface area contributed by atoms with Crippen molar-refractivity contribution in [2.45, 2.75) is 25.8 Å². The molecule has 2 aromatic carbocycles. The number of benzene rings is 2. The van der Waals surface area contributed by atoms with Gasteiger partial charge in [-0.1, -0.05) is 12.1 Å². The summed E-state index contributed by atoms with van der Waals surface area (Å²) in [5.41, 5.74) is 2.08. The Kier molecular flexibility index (Phi) is 7.63. The predicted octanol–water partition coefficient (Wildman–Crippen LogP) is 4.00. The molecule has 3 rings (SSSR count). The zero-order valence-corrected chi connectivity index (χ0v) is 18.6. The lowest BCUT2D eigenvalue weighted by Crippen LogP contribution is -2.39. The number of carbonyl (C=O) groups is 1. The van der Waals surface area contributed by atoms with Crippen LogP contribution in [0, 0.1) is 5.92 Å². The molecule has 0 aromatic heterocycles. The third-order valence-electron chi connectivity index (χ3n) is 5.77. The van der Waals surface area contributed by atoms with Gasteiger partial charge in [-0.05, 0) is 68.2 Å². The molecule has 0 spiro atoms. The Bertz CT molecular complexity index is 892. The lowest BCUT2D eigenvalue weighted by Gasteiger charge is -2.37. The van der Waals surface area contributed by atoms with Crippen molar-refractivity contribution in [2.75, 3.05) is 41.0 Å². The van der Waals surface area contributed by atoms with Crippen molar-refractivity contribution < 1.29 is 28.8 Å². The van der Waals surface area contributed by atoms with Crippen LogP contribution < -0.4 is 18.9 Å². The number of carboxylic acid groups (broad SMARTS) is 1. The highest BCUT2D eigenvalue weighted by atomic mass is 16.5. The van der Waals surface area contributed by atoms with E-state index in [9.17, 15) is 9.90 Å². The Labute approximate surface area is 183 Å². The summed E-state index contributed by atoms with van der Waals surface area (Å²) < 4.78 is 22.2. The highest BCUT2D eigenvalue weighted by Crippen LogP contribution is 2.39. The molecule has 168 valence electrons.